The van der Waals surface area contributed by atoms with Crippen LogP contribution in [0.5, 0.6) is 11.6 Å². The van der Waals surface area contributed by atoms with Crippen molar-refractivity contribution in [3.8, 4) is 11.6 Å². The van der Waals surface area contributed by atoms with E-state index < -0.39 is 122 Å². The second-order valence-electron chi connectivity index (χ2n) is 17.1. The molecule has 1 aromatic heterocycles. The Balaban J connectivity index is 1.44. The van der Waals surface area contributed by atoms with Gasteiger partial charge >= 0.3 is 12.3 Å². The minimum Gasteiger partial charge on any atom is -0.494 e. The minimum absolute atomic E-state index is 0.0267. The van der Waals surface area contributed by atoms with E-state index >= 15 is 4.79 Å². The number of carbonyl (C=O) groups is 4. The molecule has 2 aromatic rings. The van der Waals surface area contributed by atoms with Crippen molar-refractivity contribution in [3.63, 3.8) is 0 Å². The van der Waals surface area contributed by atoms with E-state index in [1.807, 2.05) is 19.9 Å². The molecule has 324 valence electrons. The van der Waals surface area contributed by atoms with E-state index in [1.165, 1.54) is 0 Å². The molecule has 4 amide bonds. The summed E-state index contributed by atoms with van der Waals surface area (Å²) in [6.07, 6.45) is -2.08. The lowest BCUT2D eigenvalue weighted by Gasteiger charge is -2.44. The molecule has 15 nitrogen and oxygen atoms in total. The Hall–Kier alpha value is -4.75. The molecule has 1 aromatic carbocycles. The first-order valence-corrected chi connectivity index (χ1v) is 21.2. The molecule has 6 rings (SSSR count). The summed E-state index contributed by atoms with van der Waals surface area (Å²) in [5.74, 6) is -6.23. The molecule has 3 fully saturated rings. The van der Waals surface area contributed by atoms with Crippen LogP contribution in [0.3, 0.4) is 0 Å². The monoisotopic (exact) mass is 854 g/mol. The van der Waals surface area contributed by atoms with Crippen LogP contribution in [0.25, 0.3) is 11.0 Å². The van der Waals surface area contributed by atoms with Gasteiger partial charge in [-0.05, 0) is 71.1 Å². The van der Waals surface area contributed by atoms with Crippen LogP contribution in [0.15, 0.2) is 24.3 Å². The summed E-state index contributed by atoms with van der Waals surface area (Å²) in [6, 6.07) is -1.12. The number of alkyl halides is 3. The molecule has 3 N–H and O–H groups in total. The predicted molar refractivity (Wildman–Crippen MR) is 204 cm³/mol. The molecule has 7 atom stereocenters. The number of nitrogens with zero attached hydrogens (tertiary/aromatic N) is 4. The number of allylic oxidation sites excluding steroid dienone is 1. The maximum absolute atomic E-state index is 15.1. The van der Waals surface area contributed by atoms with E-state index in [9.17, 15) is 45.5 Å². The molecule has 0 spiro atoms. The second kappa shape index (κ2) is 16.0. The van der Waals surface area contributed by atoms with Gasteiger partial charge in [0.25, 0.3) is 5.91 Å². The average Bonchev–Trinajstić information content (AvgIpc) is 4.06. The Morgan fingerprint density at radius 3 is 2.37 bits per heavy atom. The largest absolute Gasteiger partial charge is 0.494 e. The molecule has 0 radical (unpaired) electrons. The first-order valence-electron chi connectivity index (χ1n) is 19.7. The number of hydrogen-bond acceptors (Lipinski definition) is 10. The second-order valence-corrected chi connectivity index (χ2v) is 19.0. The van der Waals surface area contributed by atoms with Crippen molar-refractivity contribution in [3.05, 3.63) is 35.8 Å². The van der Waals surface area contributed by atoms with Gasteiger partial charge in [0.1, 0.15) is 23.7 Å². The number of carboxylic acid groups (broad SMARTS) is 1. The van der Waals surface area contributed by atoms with Gasteiger partial charge in [0.05, 0.1) is 29.9 Å². The highest BCUT2D eigenvalue weighted by atomic mass is 32.2. The topological polar surface area (TPSA) is 197 Å². The summed E-state index contributed by atoms with van der Waals surface area (Å²) in [7, 11) is -2.89. The molecule has 0 unspecified atom stereocenters. The molecule has 4 aliphatic rings. The van der Waals surface area contributed by atoms with Crippen LogP contribution in [0.1, 0.15) is 91.7 Å². The van der Waals surface area contributed by atoms with Crippen molar-refractivity contribution in [1.29, 1.82) is 0 Å². The quantitative estimate of drug-likeness (QED) is 0.234. The SMILES string of the molecule is CC[C@@H]1C[C@H](C)CC/C=C\[C@@H]2C[C@@]2(C(=O)NS(=O)(=O)C2CC2)NC(=O)[C@@H]2C[C@@H](Oc3nc4cc(OC)c(F)cc4nc3C(F)(F)F)CN2C(=O)[C@H]1N(C(=O)O)C(C)(C)C. The first kappa shape index (κ1) is 43.8. The van der Waals surface area contributed by atoms with Crippen molar-refractivity contribution in [2.75, 3.05) is 13.7 Å². The fourth-order valence-electron chi connectivity index (χ4n) is 8.28. The maximum Gasteiger partial charge on any atom is 0.438 e. The first-order chi connectivity index (χ1) is 27.5. The number of carbonyl (C=O) groups excluding carboxylic acids is 3. The summed E-state index contributed by atoms with van der Waals surface area (Å²) < 4.78 is 96.7. The van der Waals surface area contributed by atoms with E-state index in [0.717, 1.165) is 29.0 Å². The number of aromatic nitrogens is 2. The van der Waals surface area contributed by atoms with E-state index in [1.54, 1.807) is 26.8 Å². The number of halogens is 4. The fourth-order valence-corrected chi connectivity index (χ4v) is 9.64. The normalized spacial score (nSPS) is 28.7. The highest BCUT2D eigenvalue weighted by Gasteiger charge is 2.62. The summed E-state index contributed by atoms with van der Waals surface area (Å²) in [5.41, 5.74) is -5.13. The van der Waals surface area contributed by atoms with Gasteiger partial charge in [0, 0.05) is 30.0 Å². The van der Waals surface area contributed by atoms with Crippen molar-refractivity contribution in [1.82, 2.24) is 29.8 Å². The molecule has 1 saturated heterocycles. The third kappa shape index (κ3) is 9.06. The number of methoxy groups -OCH3 is 1. The number of amides is 4. The van der Waals surface area contributed by atoms with Crippen LogP contribution in [-0.2, 0) is 30.6 Å². The molecule has 2 saturated carbocycles. The maximum atomic E-state index is 15.1. The van der Waals surface area contributed by atoms with E-state index in [0.29, 0.717) is 38.5 Å². The van der Waals surface area contributed by atoms with Gasteiger partial charge in [-0.15, -0.1) is 0 Å². The molecular weight excluding hydrogens is 805 g/mol. The summed E-state index contributed by atoms with van der Waals surface area (Å²) in [5, 5.41) is 12.6. The van der Waals surface area contributed by atoms with Crippen LogP contribution >= 0.6 is 0 Å². The Morgan fingerprint density at radius 2 is 1.78 bits per heavy atom. The molecule has 59 heavy (non-hydrogen) atoms. The van der Waals surface area contributed by atoms with Gasteiger partial charge in [0.15, 0.2) is 11.6 Å². The average molecular weight is 855 g/mol. The molecule has 3 heterocycles. The van der Waals surface area contributed by atoms with Crippen molar-refractivity contribution >= 4 is 44.9 Å². The van der Waals surface area contributed by atoms with Gasteiger partial charge in [0.2, 0.25) is 33.4 Å². The Labute approximate surface area is 339 Å². The molecule has 0 bridgehead atoms. The fraction of sp³-hybridized carbons (Fsp3) is 0.641. The van der Waals surface area contributed by atoms with Gasteiger partial charge in [-0.1, -0.05) is 32.4 Å². The van der Waals surface area contributed by atoms with Gasteiger partial charge in [-0.2, -0.15) is 13.2 Å². The predicted octanol–water partition coefficient (Wildman–Crippen LogP) is 5.18. The van der Waals surface area contributed by atoms with Crippen LogP contribution < -0.4 is 19.5 Å². The third-order valence-electron chi connectivity index (χ3n) is 11.6. The zero-order valence-electron chi connectivity index (χ0n) is 33.6. The Bertz CT molecular complexity index is 2140. The van der Waals surface area contributed by atoms with Gasteiger partial charge in [-0.3, -0.25) is 24.0 Å². The summed E-state index contributed by atoms with van der Waals surface area (Å²) >= 11 is 0. The van der Waals surface area contributed by atoms with Crippen LogP contribution in [0.2, 0.25) is 0 Å². The van der Waals surface area contributed by atoms with E-state index in [4.69, 9.17) is 9.47 Å². The van der Waals surface area contributed by atoms with Crippen LogP contribution in [-0.4, -0.2) is 105 Å². The lowest BCUT2D eigenvalue weighted by Crippen LogP contribution is -2.62. The summed E-state index contributed by atoms with van der Waals surface area (Å²) in [4.78, 5) is 66.2. The molecule has 20 heteroatoms. The third-order valence-corrected chi connectivity index (χ3v) is 13.4. The Morgan fingerprint density at radius 1 is 1.10 bits per heavy atom. The van der Waals surface area contributed by atoms with Crippen molar-refractivity contribution < 1.29 is 59.7 Å². The van der Waals surface area contributed by atoms with E-state index in [-0.39, 0.29) is 23.6 Å². The minimum atomic E-state index is -5.15. The Kier molecular flexibility index (Phi) is 11.9. The lowest BCUT2D eigenvalue weighted by molar-refractivity contribution is -0.146. The number of hydrogen-bond donors (Lipinski definition) is 3. The zero-order chi connectivity index (χ0) is 43.4. The molecule has 2 aliphatic carbocycles. The standard InChI is InChI=1S/C39H50F4N6O9S/c1-7-21-14-20(2)10-8-9-11-22-18-38(22,35(52)47-59(55,56)24-12-13-24)46-32(50)28-15-23(19-48(28)34(51)30(21)49(36(53)54)37(3,4)5)58-33-31(39(41,42)43)44-26-16-25(40)29(57-6)17-27(26)45-33/h9,11,16-17,20-24,28,30H,7-8,10,12-15,18-19H2,1-6H3,(H,46,50)(H,47,52)(H,53,54)/b11-9-/t20-,21-,22-,23-,28+,30+,38-/m1/s1. The number of sulfonamides is 1. The van der Waals surface area contributed by atoms with Gasteiger partial charge < -0.3 is 24.8 Å². The molecular formula is C39H50F4N6O9S. The highest BCUT2D eigenvalue weighted by Crippen LogP contribution is 2.47. The van der Waals surface area contributed by atoms with E-state index in [2.05, 4.69) is 20.0 Å². The smallest absolute Gasteiger partial charge is 0.438 e. The van der Waals surface area contributed by atoms with Crippen molar-refractivity contribution in [2.24, 2.45) is 17.8 Å². The number of rotatable bonds is 8. The van der Waals surface area contributed by atoms with Crippen molar-refractivity contribution in [2.45, 2.75) is 127 Å². The lowest BCUT2D eigenvalue weighted by atomic mass is 9.82. The number of fused-ring (bicyclic) bond motifs is 3. The summed E-state index contributed by atoms with van der Waals surface area (Å²) in [6.45, 7) is 8.13. The zero-order valence-corrected chi connectivity index (χ0v) is 34.5. The van der Waals surface area contributed by atoms with Crippen LogP contribution in [0, 0.1) is 23.6 Å². The molecule has 2 aliphatic heterocycles. The number of ether oxygens (including phenoxy) is 2. The van der Waals surface area contributed by atoms with Gasteiger partial charge in [-0.25, -0.2) is 27.6 Å². The van der Waals surface area contributed by atoms with Crippen LogP contribution in [0.4, 0.5) is 22.4 Å². The number of nitrogens with one attached hydrogen (secondary N) is 2. The highest BCUT2D eigenvalue weighted by molar-refractivity contribution is 7.91. The number of benzene rings is 1.